The Labute approximate surface area is 77.5 Å². The number of hydrogen-bond donors (Lipinski definition) is 2. The smallest absolute Gasteiger partial charge is 0.224 e. The minimum atomic E-state index is 0.626. The molecule has 1 fully saturated rings. The molecule has 0 aliphatic heterocycles. The molecular formula is C8H15N5. The van der Waals surface area contributed by atoms with E-state index in [9.17, 15) is 0 Å². The summed E-state index contributed by atoms with van der Waals surface area (Å²) < 4.78 is 2.19. The molecule has 2 N–H and O–H groups in total. The second-order valence-corrected chi connectivity index (χ2v) is 3.32. The highest BCUT2D eigenvalue weighted by molar-refractivity contribution is 5.26. The molecule has 0 atom stereocenters. The van der Waals surface area contributed by atoms with Crippen molar-refractivity contribution in [2.24, 2.45) is 0 Å². The summed E-state index contributed by atoms with van der Waals surface area (Å²) in [6.07, 6.45) is 2.51. The Balaban J connectivity index is 2.27. The molecule has 5 heteroatoms. The van der Waals surface area contributed by atoms with Gasteiger partial charge in [-0.2, -0.15) is 0 Å². The van der Waals surface area contributed by atoms with Crippen LogP contribution in [0.4, 0.5) is 5.95 Å². The number of anilines is 1. The van der Waals surface area contributed by atoms with E-state index in [-0.39, 0.29) is 0 Å². The summed E-state index contributed by atoms with van der Waals surface area (Å²) in [5.41, 5.74) is 0. The molecule has 2 rings (SSSR count). The number of rotatable bonds is 4. The Bertz CT molecular complexity index is 289. The maximum atomic E-state index is 4.13. The summed E-state index contributed by atoms with van der Waals surface area (Å²) in [5, 5.41) is 14.4. The topological polar surface area (TPSA) is 54.8 Å². The number of nitrogens with zero attached hydrogens (tertiary/aromatic N) is 3. The van der Waals surface area contributed by atoms with Gasteiger partial charge < -0.3 is 10.6 Å². The molecule has 0 radical (unpaired) electrons. The molecule has 1 aromatic heterocycles. The van der Waals surface area contributed by atoms with Crippen molar-refractivity contribution in [3.8, 4) is 0 Å². The Morgan fingerprint density at radius 3 is 2.69 bits per heavy atom. The van der Waals surface area contributed by atoms with E-state index in [1.54, 1.807) is 0 Å². The molecule has 1 saturated carbocycles. The summed E-state index contributed by atoms with van der Waals surface area (Å²) >= 11 is 0. The Hall–Kier alpha value is -1.10. The lowest BCUT2D eigenvalue weighted by Crippen LogP contribution is -2.12. The molecule has 1 heterocycles. The van der Waals surface area contributed by atoms with Gasteiger partial charge in [0.2, 0.25) is 5.95 Å². The molecule has 1 aliphatic carbocycles. The van der Waals surface area contributed by atoms with Crippen molar-refractivity contribution in [3.63, 3.8) is 0 Å². The van der Waals surface area contributed by atoms with Crippen molar-refractivity contribution < 1.29 is 0 Å². The summed E-state index contributed by atoms with van der Waals surface area (Å²) in [4.78, 5) is 0. The quantitative estimate of drug-likeness (QED) is 0.705. The van der Waals surface area contributed by atoms with Crippen molar-refractivity contribution >= 4 is 5.95 Å². The summed E-state index contributed by atoms with van der Waals surface area (Å²) in [6, 6.07) is 0.626. The van der Waals surface area contributed by atoms with E-state index in [2.05, 4.69) is 25.4 Å². The third kappa shape index (κ3) is 1.51. The van der Waals surface area contributed by atoms with E-state index in [0.717, 1.165) is 18.3 Å². The van der Waals surface area contributed by atoms with E-state index in [4.69, 9.17) is 0 Å². The SMILES string of the molecule is CNCc1nnc(NC)n1C1CC1. The van der Waals surface area contributed by atoms with Gasteiger partial charge in [0.05, 0.1) is 6.54 Å². The monoisotopic (exact) mass is 181 g/mol. The number of hydrogen-bond acceptors (Lipinski definition) is 4. The van der Waals surface area contributed by atoms with Crippen molar-refractivity contribution in [3.05, 3.63) is 5.82 Å². The molecule has 1 aliphatic rings. The van der Waals surface area contributed by atoms with Crippen LogP contribution in [0.1, 0.15) is 24.7 Å². The first-order valence-corrected chi connectivity index (χ1v) is 4.63. The van der Waals surface area contributed by atoms with E-state index in [1.807, 2.05) is 14.1 Å². The van der Waals surface area contributed by atoms with E-state index in [0.29, 0.717) is 6.04 Å². The van der Waals surface area contributed by atoms with Gasteiger partial charge in [0, 0.05) is 13.1 Å². The van der Waals surface area contributed by atoms with Crippen molar-refractivity contribution in [2.45, 2.75) is 25.4 Å². The fourth-order valence-corrected chi connectivity index (χ4v) is 1.49. The first-order valence-electron chi connectivity index (χ1n) is 4.63. The largest absolute Gasteiger partial charge is 0.357 e. The second kappa shape index (κ2) is 3.33. The highest BCUT2D eigenvalue weighted by atomic mass is 15.4. The van der Waals surface area contributed by atoms with Crippen molar-refractivity contribution in [2.75, 3.05) is 19.4 Å². The molecule has 13 heavy (non-hydrogen) atoms. The molecule has 5 nitrogen and oxygen atoms in total. The average Bonchev–Trinajstić information content (AvgIpc) is 2.89. The molecule has 0 amide bonds. The standard InChI is InChI=1S/C8H15N5/c1-9-5-7-11-12-8(10-2)13(7)6-3-4-6/h6,9H,3-5H2,1-2H3,(H,10,12). The maximum absolute atomic E-state index is 4.13. The van der Waals surface area contributed by atoms with E-state index in [1.165, 1.54) is 12.8 Å². The lowest BCUT2D eigenvalue weighted by atomic mass is 10.5. The summed E-state index contributed by atoms with van der Waals surface area (Å²) in [5.74, 6) is 1.90. The third-order valence-electron chi connectivity index (χ3n) is 2.24. The zero-order valence-corrected chi connectivity index (χ0v) is 8.04. The van der Waals surface area contributed by atoms with E-state index < -0.39 is 0 Å². The number of nitrogens with one attached hydrogen (secondary N) is 2. The van der Waals surface area contributed by atoms with Crippen molar-refractivity contribution in [1.29, 1.82) is 0 Å². The molecule has 0 saturated heterocycles. The molecule has 1 aromatic rings. The van der Waals surface area contributed by atoms with Crippen LogP contribution >= 0.6 is 0 Å². The Morgan fingerprint density at radius 2 is 2.15 bits per heavy atom. The molecule has 0 spiro atoms. The van der Waals surface area contributed by atoms with Gasteiger partial charge in [-0.05, 0) is 19.9 Å². The zero-order chi connectivity index (χ0) is 9.26. The van der Waals surface area contributed by atoms with Crippen LogP contribution in [-0.4, -0.2) is 28.9 Å². The fraction of sp³-hybridized carbons (Fsp3) is 0.750. The molecule has 72 valence electrons. The maximum Gasteiger partial charge on any atom is 0.224 e. The van der Waals surface area contributed by atoms with Gasteiger partial charge in [-0.3, -0.25) is 4.57 Å². The van der Waals surface area contributed by atoms with E-state index >= 15 is 0 Å². The number of aromatic nitrogens is 3. The highest BCUT2D eigenvalue weighted by Gasteiger charge is 2.28. The van der Waals surface area contributed by atoms with Gasteiger partial charge in [0.1, 0.15) is 5.82 Å². The third-order valence-corrected chi connectivity index (χ3v) is 2.24. The van der Waals surface area contributed by atoms with Crippen molar-refractivity contribution in [1.82, 2.24) is 20.1 Å². The first-order chi connectivity index (χ1) is 6.36. The van der Waals surface area contributed by atoms with Crippen LogP contribution in [0.25, 0.3) is 0 Å². The normalized spacial score (nSPS) is 16.2. The van der Waals surface area contributed by atoms with Crippen LogP contribution in [0.15, 0.2) is 0 Å². The predicted molar refractivity (Wildman–Crippen MR) is 50.6 cm³/mol. The minimum absolute atomic E-state index is 0.626. The molecule has 0 aromatic carbocycles. The van der Waals surface area contributed by atoms with Gasteiger partial charge >= 0.3 is 0 Å². The lowest BCUT2D eigenvalue weighted by molar-refractivity contribution is 0.649. The van der Waals surface area contributed by atoms with Gasteiger partial charge in [-0.25, -0.2) is 0 Å². The molecule has 0 bridgehead atoms. The van der Waals surface area contributed by atoms with Crippen LogP contribution in [0.2, 0.25) is 0 Å². The highest BCUT2D eigenvalue weighted by Crippen LogP contribution is 2.37. The summed E-state index contributed by atoms with van der Waals surface area (Å²) in [6.45, 7) is 0.783. The van der Waals surface area contributed by atoms with Gasteiger partial charge in [0.15, 0.2) is 0 Å². The average molecular weight is 181 g/mol. The lowest BCUT2D eigenvalue weighted by Gasteiger charge is -2.07. The molecular weight excluding hydrogens is 166 g/mol. The van der Waals surface area contributed by atoms with Crippen LogP contribution in [0, 0.1) is 0 Å². The van der Waals surface area contributed by atoms with Gasteiger partial charge in [-0.1, -0.05) is 0 Å². The van der Waals surface area contributed by atoms with Crippen LogP contribution in [0.5, 0.6) is 0 Å². The van der Waals surface area contributed by atoms with Crippen LogP contribution < -0.4 is 10.6 Å². The zero-order valence-electron chi connectivity index (χ0n) is 8.04. The van der Waals surface area contributed by atoms with Crippen LogP contribution in [-0.2, 0) is 6.54 Å². The first kappa shape index (κ1) is 8.50. The molecule has 0 unspecified atom stereocenters. The Kier molecular flexibility index (Phi) is 2.18. The summed E-state index contributed by atoms with van der Waals surface area (Å²) in [7, 11) is 3.80. The van der Waals surface area contributed by atoms with Gasteiger partial charge in [-0.15, -0.1) is 10.2 Å². The predicted octanol–water partition coefficient (Wildman–Crippen LogP) is 0.374. The van der Waals surface area contributed by atoms with Crippen LogP contribution in [0.3, 0.4) is 0 Å². The minimum Gasteiger partial charge on any atom is -0.357 e. The van der Waals surface area contributed by atoms with Gasteiger partial charge in [0.25, 0.3) is 0 Å². The second-order valence-electron chi connectivity index (χ2n) is 3.32. The Morgan fingerprint density at radius 1 is 1.38 bits per heavy atom. The fourth-order valence-electron chi connectivity index (χ4n) is 1.49.